The monoisotopic (exact) mass is 302 g/mol. The second kappa shape index (κ2) is 5.97. The highest BCUT2D eigenvalue weighted by Gasteiger charge is 2.24. The Kier molecular flexibility index (Phi) is 4.79. The fraction of sp³-hybridized carbons (Fsp3) is 0.364. The fourth-order valence-electron chi connectivity index (χ4n) is 1.72. The molecule has 0 aliphatic carbocycles. The zero-order chi connectivity index (χ0) is 15.5. The molecule has 0 amide bonds. The number of carboxylic acids is 1. The number of aliphatic carboxylic acids is 1. The number of hydrogen-bond acceptors (Lipinski definition) is 5. The van der Waals surface area contributed by atoms with E-state index < -0.39 is 27.0 Å². The molecule has 0 heterocycles. The number of sulfonamides is 1. The summed E-state index contributed by atoms with van der Waals surface area (Å²) in [6, 6.07) is 2.88. The lowest BCUT2D eigenvalue weighted by molar-refractivity contribution is -0.385. The Hall–Kier alpha value is -2.00. The van der Waals surface area contributed by atoms with Crippen molar-refractivity contribution in [1.82, 2.24) is 4.72 Å². The average molecular weight is 302 g/mol. The molecule has 0 radical (unpaired) electrons. The van der Waals surface area contributed by atoms with Crippen molar-refractivity contribution < 1.29 is 23.2 Å². The Morgan fingerprint density at radius 2 is 2.10 bits per heavy atom. The highest BCUT2D eigenvalue weighted by atomic mass is 32.2. The maximum absolute atomic E-state index is 12.1. The number of nitro groups is 1. The van der Waals surface area contributed by atoms with Crippen LogP contribution in [0.15, 0.2) is 23.1 Å². The summed E-state index contributed by atoms with van der Waals surface area (Å²) >= 11 is 0. The summed E-state index contributed by atoms with van der Waals surface area (Å²) in [5.41, 5.74) is -0.300. The molecule has 1 rings (SSSR count). The van der Waals surface area contributed by atoms with Gasteiger partial charge in [-0.25, -0.2) is 13.1 Å². The van der Waals surface area contributed by atoms with Crippen molar-refractivity contribution in [1.29, 1.82) is 0 Å². The number of nitrogens with zero attached hydrogens (tertiary/aromatic N) is 1. The Bertz CT molecular complexity index is 640. The normalized spacial score (nSPS) is 12.9. The minimum atomic E-state index is -4.01. The second-order valence-corrected chi connectivity index (χ2v) is 5.96. The van der Waals surface area contributed by atoms with Crippen LogP contribution in [0.5, 0.6) is 0 Å². The van der Waals surface area contributed by atoms with Gasteiger partial charge >= 0.3 is 5.97 Å². The van der Waals surface area contributed by atoms with Gasteiger partial charge < -0.3 is 5.11 Å². The van der Waals surface area contributed by atoms with Crippen LogP contribution in [-0.2, 0) is 14.8 Å². The smallest absolute Gasteiger partial charge is 0.304 e. The van der Waals surface area contributed by atoms with Crippen LogP contribution in [0.2, 0.25) is 0 Å². The molecule has 0 fully saturated rings. The Labute approximate surface area is 115 Å². The molecule has 20 heavy (non-hydrogen) atoms. The van der Waals surface area contributed by atoms with E-state index >= 15 is 0 Å². The molecule has 0 aliphatic heterocycles. The summed E-state index contributed by atoms with van der Waals surface area (Å²) < 4.78 is 26.4. The van der Waals surface area contributed by atoms with E-state index in [4.69, 9.17) is 5.11 Å². The molecule has 8 nitrogen and oxygen atoms in total. The molecule has 1 aromatic rings. The van der Waals surface area contributed by atoms with Crippen LogP contribution < -0.4 is 4.72 Å². The van der Waals surface area contributed by atoms with E-state index in [2.05, 4.69) is 4.72 Å². The summed E-state index contributed by atoms with van der Waals surface area (Å²) in [5, 5.41) is 19.4. The predicted molar refractivity (Wildman–Crippen MR) is 69.9 cm³/mol. The van der Waals surface area contributed by atoms with Gasteiger partial charge in [0.05, 0.1) is 16.2 Å². The lowest BCUT2D eigenvalue weighted by Gasteiger charge is -2.13. The van der Waals surface area contributed by atoms with E-state index in [-0.39, 0.29) is 22.6 Å². The minimum Gasteiger partial charge on any atom is -0.481 e. The van der Waals surface area contributed by atoms with Gasteiger partial charge in [0.15, 0.2) is 0 Å². The molecule has 1 unspecified atom stereocenters. The summed E-state index contributed by atoms with van der Waals surface area (Å²) in [6.07, 6.45) is -0.382. The van der Waals surface area contributed by atoms with Gasteiger partial charge in [-0.2, -0.15) is 0 Å². The first-order valence-electron chi connectivity index (χ1n) is 5.63. The van der Waals surface area contributed by atoms with E-state index in [1.54, 1.807) is 0 Å². The van der Waals surface area contributed by atoms with Crippen molar-refractivity contribution in [3.05, 3.63) is 33.9 Å². The SMILES string of the molecule is Cc1c([N+](=O)[O-])cccc1S(=O)(=O)NC(C)CC(=O)O. The lowest BCUT2D eigenvalue weighted by atomic mass is 10.2. The first kappa shape index (κ1) is 16.1. The van der Waals surface area contributed by atoms with Gasteiger partial charge in [-0.05, 0) is 19.9 Å². The predicted octanol–water partition coefficient (Wildman–Crippen LogP) is 1.04. The number of carbonyl (C=O) groups is 1. The largest absolute Gasteiger partial charge is 0.481 e. The minimum absolute atomic E-state index is 0.00697. The van der Waals surface area contributed by atoms with Crippen molar-refractivity contribution in [2.24, 2.45) is 0 Å². The van der Waals surface area contributed by atoms with E-state index in [9.17, 15) is 23.3 Å². The molecule has 110 valence electrons. The standard InChI is InChI=1S/C11H14N2O6S/c1-7(6-11(14)15)12-20(18,19)10-5-3-4-9(8(10)2)13(16)17/h3-5,7,12H,6H2,1-2H3,(H,14,15). The first-order valence-corrected chi connectivity index (χ1v) is 7.11. The number of carboxylic acid groups (broad SMARTS) is 1. The van der Waals surface area contributed by atoms with Crippen molar-refractivity contribution >= 4 is 21.7 Å². The number of benzene rings is 1. The summed E-state index contributed by atoms with van der Waals surface area (Å²) in [7, 11) is -4.01. The zero-order valence-electron chi connectivity index (χ0n) is 10.9. The van der Waals surface area contributed by atoms with Crippen molar-refractivity contribution in [2.75, 3.05) is 0 Å². The van der Waals surface area contributed by atoms with Gasteiger partial charge in [0.1, 0.15) is 0 Å². The Morgan fingerprint density at radius 1 is 1.50 bits per heavy atom. The summed E-state index contributed by atoms with van der Waals surface area (Å²) in [4.78, 5) is 20.4. The van der Waals surface area contributed by atoms with Crippen LogP contribution in [0.4, 0.5) is 5.69 Å². The van der Waals surface area contributed by atoms with Crippen LogP contribution in [0.25, 0.3) is 0 Å². The molecule has 1 atom stereocenters. The molecule has 9 heteroatoms. The Morgan fingerprint density at radius 3 is 2.60 bits per heavy atom. The highest BCUT2D eigenvalue weighted by Crippen LogP contribution is 2.24. The van der Waals surface area contributed by atoms with Gasteiger partial charge in [-0.1, -0.05) is 6.07 Å². The van der Waals surface area contributed by atoms with Gasteiger partial charge in [0.25, 0.3) is 5.69 Å². The lowest BCUT2D eigenvalue weighted by Crippen LogP contribution is -2.34. The van der Waals surface area contributed by atoms with Crippen LogP contribution in [-0.4, -0.2) is 30.5 Å². The number of rotatable bonds is 6. The quantitative estimate of drug-likeness (QED) is 0.597. The van der Waals surface area contributed by atoms with Crippen molar-refractivity contribution in [2.45, 2.75) is 31.2 Å². The maximum Gasteiger partial charge on any atom is 0.304 e. The van der Waals surface area contributed by atoms with Crippen LogP contribution >= 0.6 is 0 Å². The van der Waals surface area contributed by atoms with Crippen LogP contribution in [0.1, 0.15) is 18.9 Å². The third-order valence-corrected chi connectivity index (χ3v) is 4.31. The topological polar surface area (TPSA) is 127 Å². The van der Waals surface area contributed by atoms with Crippen molar-refractivity contribution in [3.63, 3.8) is 0 Å². The highest BCUT2D eigenvalue weighted by molar-refractivity contribution is 7.89. The molecule has 0 aliphatic rings. The van der Waals surface area contributed by atoms with Gasteiger partial charge in [-0.3, -0.25) is 14.9 Å². The van der Waals surface area contributed by atoms with Gasteiger partial charge in [0, 0.05) is 17.7 Å². The Balaban J connectivity index is 3.13. The summed E-state index contributed by atoms with van der Waals surface area (Å²) in [6.45, 7) is 2.73. The molecule has 1 aromatic carbocycles. The van der Waals surface area contributed by atoms with E-state index in [1.165, 1.54) is 32.0 Å². The molecule has 0 saturated carbocycles. The molecule has 0 saturated heterocycles. The maximum atomic E-state index is 12.1. The first-order chi connectivity index (χ1) is 9.15. The molecular weight excluding hydrogens is 288 g/mol. The molecule has 0 spiro atoms. The van der Waals surface area contributed by atoms with E-state index in [0.717, 1.165) is 0 Å². The third kappa shape index (κ3) is 3.75. The second-order valence-electron chi connectivity index (χ2n) is 4.28. The molecular formula is C11H14N2O6S. The number of nitro benzene ring substituents is 1. The fourth-order valence-corrected chi connectivity index (χ4v) is 3.23. The van der Waals surface area contributed by atoms with E-state index in [0.29, 0.717) is 0 Å². The summed E-state index contributed by atoms with van der Waals surface area (Å²) in [5.74, 6) is -1.14. The van der Waals surface area contributed by atoms with Crippen LogP contribution in [0, 0.1) is 17.0 Å². The molecule has 0 aromatic heterocycles. The van der Waals surface area contributed by atoms with Gasteiger partial charge in [-0.15, -0.1) is 0 Å². The zero-order valence-corrected chi connectivity index (χ0v) is 11.7. The molecule has 0 bridgehead atoms. The number of hydrogen-bond donors (Lipinski definition) is 2. The van der Waals surface area contributed by atoms with E-state index in [1.807, 2.05) is 0 Å². The van der Waals surface area contributed by atoms with Crippen LogP contribution in [0.3, 0.4) is 0 Å². The van der Waals surface area contributed by atoms with Crippen molar-refractivity contribution in [3.8, 4) is 0 Å². The third-order valence-electron chi connectivity index (χ3n) is 2.58. The van der Waals surface area contributed by atoms with Gasteiger partial charge in [0.2, 0.25) is 10.0 Å². The number of nitrogens with one attached hydrogen (secondary N) is 1. The molecule has 2 N–H and O–H groups in total. The average Bonchev–Trinajstić information content (AvgIpc) is 2.26.